The molecule has 0 aliphatic carbocycles. The monoisotopic (exact) mass is 367 g/mol. The first-order chi connectivity index (χ1) is 13.0. The van der Waals surface area contributed by atoms with Crippen molar-refractivity contribution >= 4 is 24.0 Å². The molecule has 2 aromatic rings. The molecule has 3 N–H and O–H groups in total. The highest BCUT2D eigenvalue weighted by atomic mass is 16.5. The Bertz CT molecular complexity index is 891. The summed E-state index contributed by atoms with van der Waals surface area (Å²) in [5.41, 5.74) is 7.47. The molecule has 8 nitrogen and oxygen atoms in total. The van der Waals surface area contributed by atoms with E-state index < -0.39 is 5.91 Å². The number of pyridine rings is 1. The van der Waals surface area contributed by atoms with Gasteiger partial charge in [0.15, 0.2) is 11.5 Å². The number of nitrogens with zero attached hydrogens (tertiary/aromatic N) is 3. The summed E-state index contributed by atoms with van der Waals surface area (Å²) in [5, 5.41) is 2.72. The Balaban J connectivity index is 2.39. The normalized spacial score (nSPS) is 12.0. The number of aliphatic imine (C=N–C) groups is 2. The molecule has 0 fully saturated rings. The van der Waals surface area contributed by atoms with Gasteiger partial charge in [0, 0.05) is 29.7 Å². The van der Waals surface area contributed by atoms with Crippen molar-refractivity contribution < 1.29 is 14.3 Å². The molecule has 0 saturated heterocycles. The Morgan fingerprint density at radius 2 is 2.04 bits per heavy atom. The fraction of sp³-hybridized carbons (Fsp3) is 0.158. The first-order valence-corrected chi connectivity index (χ1v) is 7.95. The second-order valence-electron chi connectivity index (χ2n) is 5.35. The number of aromatic nitrogens is 1. The van der Waals surface area contributed by atoms with E-state index >= 15 is 0 Å². The third-order valence-corrected chi connectivity index (χ3v) is 3.64. The minimum atomic E-state index is -0.560. The lowest BCUT2D eigenvalue weighted by Crippen LogP contribution is -2.18. The SMILES string of the molecule is C=N/C(N)=C(\N=C(C)c1cccnc1)C(=O)Nc1cc(OC)ccc1OC. The van der Waals surface area contributed by atoms with Crippen LogP contribution in [0.3, 0.4) is 0 Å². The minimum absolute atomic E-state index is 0.0729. The quantitative estimate of drug-likeness (QED) is 0.576. The molecule has 1 aromatic carbocycles. The number of nitrogens with two attached hydrogens (primary N) is 1. The second-order valence-corrected chi connectivity index (χ2v) is 5.35. The van der Waals surface area contributed by atoms with Crippen LogP contribution in [-0.2, 0) is 4.79 Å². The average molecular weight is 367 g/mol. The summed E-state index contributed by atoms with van der Waals surface area (Å²) in [6, 6.07) is 8.62. The maximum atomic E-state index is 12.8. The number of amides is 1. The summed E-state index contributed by atoms with van der Waals surface area (Å²) in [5.74, 6) is 0.357. The molecule has 140 valence electrons. The number of hydrogen-bond acceptors (Lipinski definition) is 7. The van der Waals surface area contributed by atoms with E-state index in [1.807, 2.05) is 6.07 Å². The highest BCUT2D eigenvalue weighted by molar-refractivity contribution is 6.08. The molecule has 0 bridgehead atoms. The van der Waals surface area contributed by atoms with E-state index in [9.17, 15) is 4.79 Å². The van der Waals surface area contributed by atoms with Crippen molar-refractivity contribution in [3.8, 4) is 11.5 Å². The van der Waals surface area contributed by atoms with Crippen LogP contribution in [0.25, 0.3) is 0 Å². The lowest BCUT2D eigenvalue weighted by molar-refractivity contribution is -0.112. The van der Waals surface area contributed by atoms with Crippen molar-refractivity contribution in [1.29, 1.82) is 0 Å². The van der Waals surface area contributed by atoms with Gasteiger partial charge in [-0.15, -0.1) is 0 Å². The average Bonchev–Trinajstić information content (AvgIpc) is 2.71. The molecule has 0 atom stereocenters. The van der Waals surface area contributed by atoms with Gasteiger partial charge in [-0.25, -0.2) is 9.98 Å². The number of methoxy groups -OCH3 is 2. The molecule has 0 unspecified atom stereocenters. The number of ether oxygens (including phenoxy) is 2. The van der Waals surface area contributed by atoms with Gasteiger partial charge in [-0.1, -0.05) is 6.07 Å². The van der Waals surface area contributed by atoms with Crippen LogP contribution < -0.4 is 20.5 Å². The molecule has 0 aliphatic heterocycles. The summed E-state index contributed by atoms with van der Waals surface area (Å²) >= 11 is 0. The molecule has 1 heterocycles. The Kier molecular flexibility index (Phi) is 6.65. The first kappa shape index (κ1) is 19.6. The lowest BCUT2D eigenvalue weighted by atomic mass is 10.2. The number of rotatable bonds is 7. The molecule has 0 saturated carbocycles. The molecule has 2 rings (SSSR count). The molecule has 27 heavy (non-hydrogen) atoms. The van der Waals surface area contributed by atoms with Crippen molar-refractivity contribution in [3.05, 3.63) is 59.8 Å². The van der Waals surface area contributed by atoms with Gasteiger partial charge in [0.1, 0.15) is 11.5 Å². The van der Waals surface area contributed by atoms with Crippen molar-refractivity contribution in [2.75, 3.05) is 19.5 Å². The fourth-order valence-electron chi connectivity index (χ4n) is 2.20. The van der Waals surface area contributed by atoms with Crippen molar-refractivity contribution in [1.82, 2.24) is 4.98 Å². The van der Waals surface area contributed by atoms with Gasteiger partial charge < -0.3 is 20.5 Å². The highest BCUT2D eigenvalue weighted by Crippen LogP contribution is 2.29. The number of carbonyl (C=O) groups is 1. The van der Waals surface area contributed by atoms with Gasteiger partial charge in [-0.05, 0) is 31.8 Å². The summed E-state index contributed by atoms with van der Waals surface area (Å²) in [4.78, 5) is 24.8. The Morgan fingerprint density at radius 3 is 2.63 bits per heavy atom. The van der Waals surface area contributed by atoms with Crippen molar-refractivity contribution in [2.24, 2.45) is 15.7 Å². The number of anilines is 1. The van der Waals surface area contributed by atoms with Crippen LogP contribution in [0.4, 0.5) is 5.69 Å². The molecule has 1 aromatic heterocycles. The Hall–Kier alpha value is -3.68. The zero-order valence-electron chi connectivity index (χ0n) is 15.4. The third kappa shape index (κ3) is 4.91. The fourth-order valence-corrected chi connectivity index (χ4v) is 2.20. The van der Waals surface area contributed by atoms with E-state index in [1.165, 1.54) is 14.2 Å². The van der Waals surface area contributed by atoms with Crippen LogP contribution in [-0.4, -0.2) is 37.5 Å². The molecular formula is C19H21N5O3. The largest absolute Gasteiger partial charge is 0.497 e. The summed E-state index contributed by atoms with van der Waals surface area (Å²) in [6.45, 7) is 5.12. The predicted octanol–water partition coefficient (Wildman–Crippen LogP) is 2.37. The zero-order chi connectivity index (χ0) is 19.8. The molecule has 0 spiro atoms. The molecule has 0 aliphatic rings. The maximum absolute atomic E-state index is 12.8. The van der Waals surface area contributed by atoms with E-state index in [1.54, 1.807) is 43.6 Å². The van der Waals surface area contributed by atoms with Crippen LogP contribution in [0.2, 0.25) is 0 Å². The molecule has 8 heteroatoms. The molecule has 0 radical (unpaired) electrons. The van der Waals surface area contributed by atoms with Crippen LogP contribution in [0.15, 0.2) is 64.2 Å². The second kappa shape index (κ2) is 9.14. The third-order valence-electron chi connectivity index (χ3n) is 3.64. The summed E-state index contributed by atoms with van der Waals surface area (Å²) < 4.78 is 10.4. The van der Waals surface area contributed by atoms with Gasteiger partial charge >= 0.3 is 0 Å². The molecule has 1 amide bonds. The lowest BCUT2D eigenvalue weighted by Gasteiger charge is -2.12. The van der Waals surface area contributed by atoms with Gasteiger partial charge in [-0.3, -0.25) is 9.78 Å². The number of carbonyl (C=O) groups excluding carboxylic acids is 1. The summed E-state index contributed by atoms with van der Waals surface area (Å²) in [6.07, 6.45) is 3.28. The molecular weight excluding hydrogens is 346 g/mol. The van der Waals surface area contributed by atoms with Gasteiger partial charge in [0.05, 0.1) is 19.9 Å². The highest BCUT2D eigenvalue weighted by Gasteiger charge is 2.17. The first-order valence-electron chi connectivity index (χ1n) is 7.95. The van der Waals surface area contributed by atoms with Gasteiger partial charge in [-0.2, -0.15) is 0 Å². The predicted molar refractivity (Wildman–Crippen MR) is 105 cm³/mol. The zero-order valence-corrected chi connectivity index (χ0v) is 15.4. The maximum Gasteiger partial charge on any atom is 0.278 e. The van der Waals surface area contributed by atoms with Crippen LogP contribution >= 0.6 is 0 Å². The summed E-state index contributed by atoms with van der Waals surface area (Å²) in [7, 11) is 3.03. The number of benzene rings is 1. The van der Waals surface area contributed by atoms with E-state index in [0.717, 1.165) is 5.56 Å². The van der Waals surface area contributed by atoms with E-state index in [-0.39, 0.29) is 11.5 Å². The Morgan fingerprint density at radius 1 is 1.26 bits per heavy atom. The minimum Gasteiger partial charge on any atom is -0.497 e. The topological polar surface area (TPSA) is 111 Å². The van der Waals surface area contributed by atoms with Crippen molar-refractivity contribution in [3.63, 3.8) is 0 Å². The number of nitrogens with one attached hydrogen (secondary N) is 1. The van der Waals surface area contributed by atoms with Gasteiger partial charge in [0.2, 0.25) is 0 Å². The van der Waals surface area contributed by atoms with Crippen LogP contribution in [0, 0.1) is 0 Å². The van der Waals surface area contributed by atoms with Crippen molar-refractivity contribution in [2.45, 2.75) is 6.92 Å². The van der Waals surface area contributed by atoms with Crippen LogP contribution in [0.5, 0.6) is 11.5 Å². The number of hydrogen-bond donors (Lipinski definition) is 2. The van der Waals surface area contributed by atoms with Gasteiger partial charge in [0.25, 0.3) is 5.91 Å². The van der Waals surface area contributed by atoms with E-state index in [0.29, 0.717) is 22.9 Å². The van der Waals surface area contributed by atoms with E-state index in [4.69, 9.17) is 15.2 Å². The Labute approximate surface area is 157 Å². The van der Waals surface area contributed by atoms with E-state index in [2.05, 4.69) is 27.0 Å². The standard InChI is InChI=1S/C19H21N5O3/c1-12(13-6-5-9-22-11-13)23-17(18(20)21-2)19(25)24-15-10-14(26-3)7-8-16(15)27-4/h5-11H,2,20H2,1,3-4H3,(H,24,25)/b18-17-,23-12?. The van der Waals surface area contributed by atoms with Crippen LogP contribution in [0.1, 0.15) is 12.5 Å². The smallest absolute Gasteiger partial charge is 0.278 e.